The van der Waals surface area contributed by atoms with Gasteiger partial charge in [0.25, 0.3) is 0 Å². The predicted molar refractivity (Wildman–Crippen MR) is 76.5 cm³/mol. The Hall–Kier alpha value is -1.07. The normalized spacial score (nSPS) is 14.6. The van der Waals surface area contributed by atoms with Crippen LogP contribution in [0, 0.1) is 0 Å². The van der Waals surface area contributed by atoms with Gasteiger partial charge in [0, 0.05) is 23.6 Å². The Balaban J connectivity index is 1.72. The number of nitrogens with zero attached hydrogens (tertiary/aromatic N) is 1. The zero-order chi connectivity index (χ0) is 13.7. The van der Waals surface area contributed by atoms with Gasteiger partial charge in [0.2, 0.25) is 0 Å². The Morgan fingerprint density at radius 3 is 2.58 bits per heavy atom. The average Bonchev–Trinajstić information content (AvgIpc) is 3.20. The summed E-state index contributed by atoms with van der Waals surface area (Å²) >= 11 is 3.38. The molecule has 104 valence electrons. The highest BCUT2D eigenvalue weighted by Gasteiger charge is 2.28. The SMILES string of the molecule is O=C(O)CCN(CCOc1ccc(Br)cc1)C1CC1. The molecule has 0 atom stereocenters. The highest BCUT2D eigenvalue weighted by molar-refractivity contribution is 9.10. The maximum Gasteiger partial charge on any atom is 0.304 e. The minimum atomic E-state index is -0.737. The largest absolute Gasteiger partial charge is 0.492 e. The van der Waals surface area contributed by atoms with E-state index >= 15 is 0 Å². The first kappa shape index (κ1) is 14.3. The van der Waals surface area contributed by atoms with Crippen LogP contribution in [0.15, 0.2) is 28.7 Å². The minimum absolute atomic E-state index is 0.203. The Bertz CT molecular complexity index is 417. The van der Waals surface area contributed by atoms with Crippen LogP contribution in [0.1, 0.15) is 19.3 Å². The monoisotopic (exact) mass is 327 g/mol. The number of ether oxygens (including phenoxy) is 1. The van der Waals surface area contributed by atoms with Crippen molar-refractivity contribution in [1.29, 1.82) is 0 Å². The lowest BCUT2D eigenvalue weighted by Crippen LogP contribution is -2.32. The zero-order valence-corrected chi connectivity index (χ0v) is 12.3. The average molecular weight is 328 g/mol. The van der Waals surface area contributed by atoms with Crippen LogP contribution in [0.3, 0.4) is 0 Å². The summed E-state index contributed by atoms with van der Waals surface area (Å²) in [6.45, 7) is 2.00. The molecule has 5 heteroatoms. The van der Waals surface area contributed by atoms with Crippen molar-refractivity contribution < 1.29 is 14.6 Å². The molecular formula is C14H18BrNO3. The number of rotatable bonds is 8. The molecule has 1 fully saturated rings. The topological polar surface area (TPSA) is 49.8 Å². The van der Waals surface area contributed by atoms with E-state index in [9.17, 15) is 4.79 Å². The molecule has 0 heterocycles. The van der Waals surface area contributed by atoms with Crippen molar-refractivity contribution in [2.45, 2.75) is 25.3 Å². The summed E-state index contributed by atoms with van der Waals surface area (Å²) in [5.74, 6) is 0.108. The smallest absolute Gasteiger partial charge is 0.304 e. The lowest BCUT2D eigenvalue weighted by Gasteiger charge is -2.21. The third-order valence-corrected chi connectivity index (χ3v) is 3.67. The number of benzene rings is 1. The first-order chi connectivity index (χ1) is 9.15. The van der Waals surface area contributed by atoms with E-state index < -0.39 is 5.97 Å². The summed E-state index contributed by atoms with van der Waals surface area (Å²) in [5, 5.41) is 8.73. The first-order valence-corrected chi connectivity index (χ1v) is 7.28. The van der Waals surface area contributed by atoms with Crippen molar-refractivity contribution in [3.05, 3.63) is 28.7 Å². The van der Waals surface area contributed by atoms with E-state index in [0.717, 1.165) is 16.8 Å². The summed E-state index contributed by atoms with van der Waals surface area (Å²) in [5.41, 5.74) is 0. The molecule has 0 bridgehead atoms. The van der Waals surface area contributed by atoms with E-state index in [1.807, 2.05) is 24.3 Å². The Morgan fingerprint density at radius 2 is 2.00 bits per heavy atom. The number of carboxylic acid groups (broad SMARTS) is 1. The number of aliphatic carboxylic acids is 1. The lowest BCUT2D eigenvalue weighted by molar-refractivity contribution is -0.137. The molecule has 0 unspecified atom stereocenters. The maximum absolute atomic E-state index is 10.6. The molecule has 1 saturated carbocycles. The van der Waals surface area contributed by atoms with Gasteiger partial charge in [-0.2, -0.15) is 0 Å². The van der Waals surface area contributed by atoms with Gasteiger partial charge in [0.05, 0.1) is 6.42 Å². The lowest BCUT2D eigenvalue weighted by atomic mass is 10.3. The molecule has 2 rings (SSSR count). The Kier molecular flexibility index (Phi) is 5.22. The molecule has 0 aliphatic heterocycles. The number of hydrogen-bond donors (Lipinski definition) is 1. The number of halogens is 1. The molecule has 1 aliphatic rings. The Morgan fingerprint density at radius 1 is 1.32 bits per heavy atom. The summed E-state index contributed by atoms with van der Waals surface area (Å²) < 4.78 is 6.69. The summed E-state index contributed by atoms with van der Waals surface area (Å²) in [6.07, 6.45) is 2.56. The van der Waals surface area contributed by atoms with Crippen LogP contribution in [-0.4, -0.2) is 41.7 Å². The van der Waals surface area contributed by atoms with E-state index in [4.69, 9.17) is 9.84 Å². The highest BCUT2D eigenvalue weighted by atomic mass is 79.9. The molecule has 1 aromatic carbocycles. The van der Waals surface area contributed by atoms with Gasteiger partial charge < -0.3 is 9.84 Å². The van der Waals surface area contributed by atoms with Crippen LogP contribution in [0.4, 0.5) is 0 Å². The molecule has 4 nitrogen and oxygen atoms in total. The summed E-state index contributed by atoms with van der Waals surface area (Å²) in [4.78, 5) is 12.8. The predicted octanol–water partition coefficient (Wildman–Crippen LogP) is 2.77. The molecule has 0 spiro atoms. The van der Waals surface area contributed by atoms with Gasteiger partial charge in [-0.25, -0.2) is 0 Å². The van der Waals surface area contributed by atoms with E-state index in [1.54, 1.807) is 0 Å². The fraction of sp³-hybridized carbons (Fsp3) is 0.500. The van der Waals surface area contributed by atoms with Crippen molar-refractivity contribution in [3.63, 3.8) is 0 Å². The van der Waals surface area contributed by atoms with Gasteiger partial charge in [-0.05, 0) is 37.1 Å². The van der Waals surface area contributed by atoms with Crippen LogP contribution in [-0.2, 0) is 4.79 Å². The number of carboxylic acids is 1. The quantitative estimate of drug-likeness (QED) is 0.797. The van der Waals surface area contributed by atoms with Crippen molar-refractivity contribution in [1.82, 2.24) is 4.90 Å². The number of carbonyl (C=O) groups is 1. The van der Waals surface area contributed by atoms with Crippen molar-refractivity contribution >= 4 is 21.9 Å². The van der Waals surface area contributed by atoms with E-state index in [0.29, 0.717) is 19.2 Å². The van der Waals surface area contributed by atoms with Gasteiger partial charge >= 0.3 is 5.97 Å². The van der Waals surface area contributed by atoms with Gasteiger partial charge in [-0.3, -0.25) is 9.69 Å². The molecule has 1 N–H and O–H groups in total. The molecule has 1 aromatic rings. The molecule has 0 amide bonds. The second kappa shape index (κ2) is 6.91. The molecule has 19 heavy (non-hydrogen) atoms. The van der Waals surface area contributed by atoms with Gasteiger partial charge in [0.15, 0.2) is 0 Å². The van der Waals surface area contributed by atoms with Crippen LogP contribution >= 0.6 is 15.9 Å². The maximum atomic E-state index is 10.6. The van der Waals surface area contributed by atoms with Crippen LogP contribution in [0.2, 0.25) is 0 Å². The van der Waals surface area contributed by atoms with E-state index in [-0.39, 0.29) is 6.42 Å². The molecular weight excluding hydrogens is 310 g/mol. The third kappa shape index (κ3) is 5.20. The molecule has 1 aliphatic carbocycles. The van der Waals surface area contributed by atoms with Crippen LogP contribution in [0.5, 0.6) is 5.75 Å². The molecule has 0 aromatic heterocycles. The standard InChI is InChI=1S/C14H18BrNO3/c15-11-1-5-13(6-2-11)19-10-9-16(12-3-4-12)8-7-14(17)18/h1-2,5-6,12H,3-4,7-10H2,(H,17,18). The molecule has 0 saturated heterocycles. The van der Waals surface area contributed by atoms with E-state index in [2.05, 4.69) is 20.8 Å². The van der Waals surface area contributed by atoms with Crippen molar-refractivity contribution in [2.24, 2.45) is 0 Å². The molecule has 0 radical (unpaired) electrons. The summed E-state index contributed by atoms with van der Waals surface area (Å²) in [7, 11) is 0. The minimum Gasteiger partial charge on any atom is -0.492 e. The van der Waals surface area contributed by atoms with Crippen molar-refractivity contribution in [2.75, 3.05) is 19.7 Å². The van der Waals surface area contributed by atoms with Crippen LogP contribution < -0.4 is 4.74 Å². The van der Waals surface area contributed by atoms with Gasteiger partial charge in [-0.1, -0.05) is 15.9 Å². The van der Waals surface area contributed by atoms with Gasteiger partial charge in [0.1, 0.15) is 12.4 Å². The highest BCUT2D eigenvalue weighted by Crippen LogP contribution is 2.26. The number of hydrogen-bond acceptors (Lipinski definition) is 3. The third-order valence-electron chi connectivity index (χ3n) is 3.14. The first-order valence-electron chi connectivity index (χ1n) is 6.49. The second-order valence-electron chi connectivity index (χ2n) is 4.71. The fourth-order valence-corrected chi connectivity index (χ4v) is 2.23. The van der Waals surface area contributed by atoms with Gasteiger partial charge in [-0.15, -0.1) is 0 Å². The zero-order valence-electron chi connectivity index (χ0n) is 10.7. The second-order valence-corrected chi connectivity index (χ2v) is 5.63. The Labute approximate surface area is 121 Å². The van der Waals surface area contributed by atoms with Crippen molar-refractivity contribution in [3.8, 4) is 5.75 Å². The van der Waals surface area contributed by atoms with E-state index in [1.165, 1.54) is 12.8 Å². The fourth-order valence-electron chi connectivity index (χ4n) is 1.97. The van der Waals surface area contributed by atoms with Crippen LogP contribution in [0.25, 0.3) is 0 Å². The summed E-state index contributed by atoms with van der Waals surface area (Å²) in [6, 6.07) is 8.29.